The Morgan fingerprint density at radius 1 is 1.00 bits per heavy atom. The Kier molecular flexibility index (Phi) is 8.03. The molecule has 0 N–H and O–H groups in total. The van der Waals surface area contributed by atoms with Gasteiger partial charge in [0.2, 0.25) is 0 Å². The highest BCUT2D eigenvalue weighted by Crippen LogP contribution is 2.39. The molecule has 0 aliphatic carbocycles. The van der Waals surface area contributed by atoms with E-state index in [-0.39, 0.29) is 18.2 Å². The molecule has 146 valence electrons. The fraction of sp³-hybridized carbons (Fsp3) is 0.435. The quantitative estimate of drug-likeness (QED) is 0.701. The minimum Gasteiger partial charge on any atom is -0.379 e. The molecule has 1 saturated heterocycles. The summed E-state index contributed by atoms with van der Waals surface area (Å²) in [6.45, 7) is 7.63. The topological polar surface area (TPSA) is 29.5 Å². The lowest BCUT2D eigenvalue weighted by Gasteiger charge is -2.40. The maximum Gasteiger partial charge on any atom is 0.147 e. The third-order valence-electron chi connectivity index (χ3n) is 5.60. The molecule has 2 aromatic carbocycles. The van der Waals surface area contributed by atoms with E-state index in [2.05, 4.69) is 36.1 Å². The van der Waals surface area contributed by atoms with E-state index in [0.717, 1.165) is 43.9 Å². The third kappa shape index (κ3) is 4.60. The monoisotopic (exact) mass is 387 g/mol. The highest BCUT2D eigenvalue weighted by Gasteiger charge is 2.42. The largest absolute Gasteiger partial charge is 0.379 e. The summed E-state index contributed by atoms with van der Waals surface area (Å²) in [5, 5.41) is 0. The zero-order valence-electron chi connectivity index (χ0n) is 16.3. The Hall–Kier alpha value is -1.68. The van der Waals surface area contributed by atoms with Gasteiger partial charge in [-0.05, 0) is 24.5 Å². The Morgan fingerprint density at radius 3 is 1.93 bits per heavy atom. The number of hydrogen-bond donors (Lipinski definition) is 0. The molecule has 1 heterocycles. The summed E-state index contributed by atoms with van der Waals surface area (Å²) in [7, 11) is 0. The molecule has 3 rings (SSSR count). The van der Waals surface area contributed by atoms with E-state index in [1.165, 1.54) is 0 Å². The Labute approximate surface area is 169 Å². The molecule has 27 heavy (non-hydrogen) atoms. The number of morpholine rings is 1. The number of ether oxygens (including phenoxy) is 1. The van der Waals surface area contributed by atoms with Crippen molar-refractivity contribution in [3.8, 4) is 0 Å². The molecule has 0 radical (unpaired) electrons. The molecule has 0 spiro atoms. The van der Waals surface area contributed by atoms with E-state index in [9.17, 15) is 4.79 Å². The summed E-state index contributed by atoms with van der Waals surface area (Å²) in [6.07, 6.45) is 1.31. The van der Waals surface area contributed by atoms with E-state index >= 15 is 0 Å². The first-order valence-electron chi connectivity index (χ1n) is 9.64. The van der Waals surface area contributed by atoms with Crippen LogP contribution in [0.1, 0.15) is 37.8 Å². The highest BCUT2D eigenvalue weighted by molar-refractivity contribution is 5.93. The molecule has 1 unspecified atom stereocenters. The SMILES string of the molecule is CCC(=O)C(CC(C)N1CCOCC1)(c1ccccc1)c1ccccc1.Cl. The van der Waals surface area contributed by atoms with Crippen molar-refractivity contribution in [1.82, 2.24) is 4.90 Å². The van der Waals surface area contributed by atoms with E-state index in [4.69, 9.17) is 4.74 Å². The lowest BCUT2D eigenvalue weighted by molar-refractivity contribution is -0.123. The van der Waals surface area contributed by atoms with E-state index in [1.54, 1.807) is 0 Å². The Morgan fingerprint density at radius 2 is 1.48 bits per heavy atom. The molecule has 3 nitrogen and oxygen atoms in total. The van der Waals surface area contributed by atoms with Crippen LogP contribution in [-0.4, -0.2) is 43.0 Å². The van der Waals surface area contributed by atoms with Crippen LogP contribution in [0.4, 0.5) is 0 Å². The molecule has 0 saturated carbocycles. The smallest absolute Gasteiger partial charge is 0.147 e. The summed E-state index contributed by atoms with van der Waals surface area (Å²) in [6, 6.07) is 20.9. The molecule has 0 amide bonds. The van der Waals surface area contributed by atoms with Gasteiger partial charge in [-0.15, -0.1) is 12.4 Å². The van der Waals surface area contributed by atoms with Gasteiger partial charge in [0.05, 0.1) is 18.6 Å². The summed E-state index contributed by atoms with van der Waals surface area (Å²) in [5.74, 6) is 0.287. The first-order chi connectivity index (χ1) is 12.7. The number of rotatable bonds is 7. The average Bonchev–Trinajstić information content (AvgIpc) is 2.73. The van der Waals surface area contributed by atoms with E-state index in [1.807, 2.05) is 43.3 Å². The van der Waals surface area contributed by atoms with Crippen molar-refractivity contribution in [3.05, 3.63) is 71.8 Å². The van der Waals surface area contributed by atoms with Crippen molar-refractivity contribution in [3.63, 3.8) is 0 Å². The molecule has 1 aliphatic heterocycles. The Bertz CT molecular complexity index is 659. The van der Waals surface area contributed by atoms with Crippen LogP contribution in [0.3, 0.4) is 0 Å². The predicted octanol–water partition coefficient (Wildman–Crippen LogP) is 4.48. The van der Waals surface area contributed by atoms with Crippen LogP contribution in [0, 0.1) is 0 Å². The highest BCUT2D eigenvalue weighted by atomic mass is 35.5. The van der Waals surface area contributed by atoms with Crippen molar-refractivity contribution < 1.29 is 9.53 Å². The van der Waals surface area contributed by atoms with Crippen LogP contribution in [0.15, 0.2) is 60.7 Å². The minimum absolute atomic E-state index is 0. The molecular weight excluding hydrogens is 358 g/mol. The molecule has 2 aromatic rings. The van der Waals surface area contributed by atoms with Crippen molar-refractivity contribution in [1.29, 1.82) is 0 Å². The predicted molar refractivity (Wildman–Crippen MR) is 113 cm³/mol. The molecule has 1 atom stereocenters. The molecule has 1 fully saturated rings. The van der Waals surface area contributed by atoms with Gasteiger partial charge >= 0.3 is 0 Å². The number of hydrogen-bond acceptors (Lipinski definition) is 3. The van der Waals surface area contributed by atoms with Crippen molar-refractivity contribution in [2.24, 2.45) is 0 Å². The zero-order chi connectivity index (χ0) is 18.4. The molecule has 0 aromatic heterocycles. The second kappa shape index (κ2) is 10.0. The second-order valence-electron chi connectivity index (χ2n) is 7.12. The number of halogens is 1. The first kappa shape index (κ1) is 21.6. The number of benzene rings is 2. The maximum atomic E-state index is 13.4. The normalized spacial score (nSPS) is 16.4. The number of carbonyl (C=O) groups excluding carboxylic acids is 1. The van der Waals surface area contributed by atoms with Crippen molar-refractivity contribution in [2.45, 2.75) is 38.1 Å². The Balaban J connectivity index is 0.00000261. The van der Waals surface area contributed by atoms with Gasteiger partial charge in [0, 0.05) is 25.6 Å². The fourth-order valence-electron chi connectivity index (χ4n) is 4.18. The van der Waals surface area contributed by atoms with Crippen molar-refractivity contribution in [2.75, 3.05) is 26.3 Å². The second-order valence-corrected chi connectivity index (χ2v) is 7.12. The van der Waals surface area contributed by atoms with E-state index < -0.39 is 5.41 Å². The van der Waals surface area contributed by atoms with Crippen LogP contribution in [-0.2, 0) is 14.9 Å². The fourth-order valence-corrected chi connectivity index (χ4v) is 4.18. The zero-order valence-corrected chi connectivity index (χ0v) is 17.1. The van der Waals surface area contributed by atoms with Gasteiger partial charge in [-0.3, -0.25) is 9.69 Å². The van der Waals surface area contributed by atoms with Gasteiger partial charge in [-0.2, -0.15) is 0 Å². The van der Waals surface area contributed by atoms with Crippen LogP contribution >= 0.6 is 12.4 Å². The molecule has 1 aliphatic rings. The minimum atomic E-state index is -0.602. The van der Waals surface area contributed by atoms with Crippen LogP contribution < -0.4 is 0 Å². The lowest BCUT2D eigenvalue weighted by Crippen LogP contribution is -2.48. The number of nitrogens with zero attached hydrogens (tertiary/aromatic N) is 1. The van der Waals surface area contributed by atoms with Crippen LogP contribution in [0.25, 0.3) is 0 Å². The van der Waals surface area contributed by atoms with Crippen LogP contribution in [0.2, 0.25) is 0 Å². The summed E-state index contributed by atoms with van der Waals surface area (Å²) >= 11 is 0. The standard InChI is InChI=1S/C23H29NO2.ClH/c1-3-22(25)23(20-10-6-4-7-11-20,21-12-8-5-9-13-21)18-19(2)24-14-16-26-17-15-24;/h4-13,19H,3,14-18H2,1-2H3;1H. The van der Waals surface area contributed by atoms with Crippen LogP contribution in [0.5, 0.6) is 0 Å². The van der Waals surface area contributed by atoms with Gasteiger partial charge in [-0.25, -0.2) is 0 Å². The van der Waals surface area contributed by atoms with Gasteiger partial charge in [0.15, 0.2) is 0 Å². The lowest BCUT2D eigenvalue weighted by atomic mass is 9.67. The van der Waals surface area contributed by atoms with E-state index in [0.29, 0.717) is 12.5 Å². The van der Waals surface area contributed by atoms with Gasteiger partial charge in [-0.1, -0.05) is 67.6 Å². The molecular formula is C23H30ClNO2. The molecule has 0 bridgehead atoms. The number of carbonyl (C=O) groups is 1. The average molecular weight is 388 g/mol. The number of ketones is 1. The first-order valence-corrected chi connectivity index (χ1v) is 9.64. The van der Waals surface area contributed by atoms with Gasteiger partial charge in [0.1, 0.15) is 5.78 Å². The third-order valence-corrected chi connectivity index (χ3v) is 5.60. The van der Waals surface area contributed by atoms with Crippen molar-refractivity contribution >= 4 is 18.2 Å². The van der Waals surface area contributed by atoms with Gasteiger partial charge < -0.3 is 4.74 Å². The van der Waals surface area contributed by atoms with Gasteiger partial charge in [0.25, 0.3) is 0 Å². The summed E-state index contributed by atoms with van der Waals surface area (Å²) in [4.78, 5) is 15.9. The maximum absolute atomic E-state index is 13.4. The number of Topliss-reactive ketones (excluding diaryl/α,β-unsaturated/α-hetero) is 1. The summed E-state index contributed by atoms with van der Waals surface area (Å²) in [5.41, 5.74) is 1.59. The summed E-state index contributed by atoms with van der Waals surface area (Å²) < 4.78 is 5.51. The molecule has 4 heteroatoms.